The molecule has 0 amide bonds. The van der Waals surface area contributed by atoms with Gasteiger partial charge < -0.3 is 109 Å². The first-order valence-electron chi connectivity index (χ1n) is 19.2. The van der Waals surface area contributed by atoms with Crippen LogP contribution in [0.15, 0.2) is 45.6 Å². The Morgan fingerprint density at radius 1 is 0.623 bits per heavy atom. The molecule has 13 N–H and O–H groups in total. The van der Waals surface area contributed by atoms with Crippen LogP contribution >= 0.6 is 0 Å². The van der Waals surface area contributed by atoms with Crippen molar-refractivity contribution in [1.82, 2.24) is 0 Å². The molecule has 4 aliphatic heterocycles. The Hall–Kier alpha value is -3.83. The van der Waals surface area contributed by atoms with E-state index in [2.05, 4.69) is 0 Å². The minimum atomic E-state index is -2.07. The highest BCUT2D eigenvalue weighted by Gasteiger charge is 2.53. The van der Waals surface area contributed by atoms with Crippen LogP contribution in [0.25, 0.3) is 22.3 Å². The smallest absolute Gasteiger partial charge is 0.239 e. The van der Waals surface area contributed by atoms with Gasteiger partial charge in [0.15, 0.2) is 30.7 Å². The van der Waals surface area contributed by atoms with E-state index < -0.39 is 158 Å². The molecule has 0 spiro atoms. The van der Waals surface area contributed by atoms with Gasteiger partial charge in [-0.05, 0) is 38.1 Å². The summed E-state index contributed by atoms with van der Waals surface area (Å²) >= 11 is 0. The lowest BCUT2D eigenvalue weighted by atomic mass is 9.97. The van der Waals surface area contributed by atoms with Crippen LogP contribution in [0.4, 0.5) is 0 Å². The maximum Gasteiger partial charge on any atom is 0.239 e. The van der Waals surface area contributed by atoms with E-state index in [0.717, 1.165) is 12.1 Å². The first kappa shape index (κ1) is 45.2. The zero-order chi connectivity index (χ0) is 44.2. The molecule has 23 heteroatoms. The maximum atomic E-state index is 14.2. The zero-order valence-electron chi connectivity index (χ0n) is 32.2. The molecule has 61 heavy (non-hydrogen) atoms. The second kappa shape index (κ2) is 18.1. The number of phenols is 3. The number of rotatable bonds is 10. The van der Waals surface area contributed by atoms with Crippen LogP contribution in [0.5, 0.6) is 23.0 Å². The summed E-state index contributed by atoms with van der Waals surface area (Å²) in [6.45, 7) is 1.54. The van der Waals surface area contributed by atoms with Gasteiger partial charge in [-0.15, -0.1) is 0 Å². The van der Waals surface area contributed by atoms with E-state index in [4.69, 9.17) is 42.3 Å². The van der Waals surface area contributed by atoms with Crippen molar-refractivity contribution in [2.45, 2.75) is 131 Å². The average Bonchev–Trinajstić information content (AvgIpc) is 3.22. The largest absolute Gasteiger partial charge is 0.508 e. The number of ether oxygens (including phenoxy) is 8. The third kappa shape index (κ3) is 8.89. The number of benzene rings is 2. The van der Waals surface area contributed by atoms with Crippen molar-refractivity contribution in [2.24, 2.45) is 0 Å². The van der Waals surface area contributed by atoms with Gasteiger partial charge in [0, 0.05) is 17.7 Å². The van der Waals surface area contributed by atoms with Gasteiger partial charge in [-0.3, -0.25) is 4.79 Å². The van der Waals surface area contributed by atoms with E-state index in [1.807, 2.05) is 0 Å². The standard InChI is InChI=1S/C38H48O23/c1-11-21(43)26(48)29(51)37(56-11)61-34-27(49)24(46)19(10-54-36-30(52)32(22(44)12(2)55-36)59-35-28(50)23(45)17(42)9-53-35)58-38(34)60-33-25(47)20-16(41)7-15(40)8-18(20)57-31(33)13-3-5-14(39)6-4-13/h3-8,11-12,17,19,21-24,26-30,32,34-46,48-52H,9-10H2,1-2H3/t11?,12?,17-,19?,21+,22+,23+,24+,26?,27+,28?,29+,30+,32?,34?,35+,36-,37+,38+/m1/s1. The Kier molecular flexibility index (Phi) is 13.4. The Bertz CT molecular complexity index is 2030. The Balaban J connectivity index is 1.20. The van der Waals surface area contributed by atoms with Crippen molar-refractivity contribution in [3.63, 3.8) is 0 Å². The molecular weight excluding hydrogens is 824 g/mol. The molecule has 2 aromatic carbocycles. The molecule has 5 heterocycles. The van der Waals surface area contributed by atoms with Crippen LogP contribution in [0.3, 0.4) is 0 Å². The molecule has 0 aliphatic carbocycles. The topological polar surface area (TPSA) is 367 Å². The van der Waals surface area contributed by atoms with Crippen LogP contribution in [0.2, 0.25) is 0 Å². The molecule has 0 radical (unpaired) electrons. The van der Waals surface area contributed by atoms with Crippen molar-refractivity contribution in [1.29, 1.82) is 0 Å². The molecule has 0 saturated carbocycles. The van der Waals surface area contributed by atoms with Crippen LogP contribution in [-0.4, -0.2) is 196 Å². The van der Waals surface area contributed by atoms with Crippen LogP contribution < -0.4 is 10.2 Å². The first-order chi connectivity index (χ1) is 28.9. The van der Waals surface area contributed by atoms with Gasteiger partial charge in [-0.2, -0.15) is 0 Å². The van der Waals surface area contributed by atoms with Gasteiger partial charge in [0.2, 0.25) is 17.5 Å². The molecule has 3 aromatic rings. The number of aliphatic hydroxyl groups excluding tert-OH is 10. The summed E-state index contributed by atoms with van der Waals surface area (Å²) in [6, 6.07) is 7.06. The summed E-state index contributed by atoms with van der Waals surface area (Å²) in [5, 5.41) is 137. The van der Waals surface area contributed by atoms with Crippen molar-refractivity contribution >= 4 is 11.0 Å². The molecule has 0 bridgehead atoms. The fourth-order valence-corrected chi connectivity index (χ4v) is 7.40. The average molecular weight is 873 g/mol. The van der Waals surface area contributed by atoms with Crippen molar-refractivity contribution in [3.8, 4) is 34.3 Å². The van der Waals surface area contributed by atoms with Crippen molar-refractivity contribution < 1.29 is 109 Å². The fraction of sp³-hybridized carbons (Fsp3) is 0.605. The minimum absolute atomic E-state index is 0.105. The van der Waals surface area contributed by atoms with Gasteiger partial charge in [-0.1, -0.05) is 0 Å². The lowest BCUT2D eigenvalue weighted by Crippen LogP contribution is -2.65. The second-order valence-corrected chi connectivity index (χ2v) is 15.3. The van der Waals surface area contributed by atoms with E-state index in [1.54, 1.807) is 0 Å². The lowest BCUT2D eigenvalue weighted by molar-refractivity contribution is -0.365. The number of aromatic hydroxyl groups is 3. The monoisotopic (exact) mass is 872 g/mol. The predicted molar refractivity (Wildman–Crippen MR) is 196 cm³/mol. The van der Waals surface area contributed by atoms with E-state index in [0.29, 0.717) is 0 Å². The van der Waals surface area contributed by atoms with Gasteiger partial charge in [0.05, 0.1) is 25.4 Å². The quantitative estimate of drug-likeness (QED) is 0.0921. The van der Waals surface area contributed by atoms with E-state index in [-0.39, 0.29) is 22.7 Å². The summed E-state index contributed by atoms with van der Waals surface area (Å²) in [5.74, 6) is -2.42. The van der Waals surface area contributed by atoms with Crippen LogP contribution in [0.1, 0.15) is 13.8 Å². The van der Waals surface area contributed by atoms with Gasteiger partial charge in [0.1, 0.15) is 101 Å². The first-order valence-corrected chi connectivity index (χ1v) is 19.2. The highest BCUT2D eigenvalue weighted by molar-refractivity contribution is 5.88. The lowest BCUT2D eigenvalue weighted by Gasteiger charge is -2.46. The van der Waals surface area contributed by atoms with Crippen LogP contribution in [0, 0.1) is 0 Å². The summed E-state index contributed by atoms with van der Waals surface area (Å²) in [6.07, 6.45) is -32.2. The molecule has 23 nitrogen and oxygen atoms in total. The van der Waals surface area contributed by atoms with E-state index in [9.17, 15) is 71.2 Å². The summed E-state index contributed by atoms with van der Waals surface area (Å²) < 4.78 is 51.8. The number of aliphatic hydroxyl groups is 10. The summed E-state index contributed by atoms with van der Waals surface area (Å²) in [4.78, 5) is 14.2. The highest BCUT2D eigenvalue weighted by Crippen LogP contribution is 2.39. The molecule has 7 unspecified atom stereocenters. The molecule has 19 atom stereocenters. The zero-order valence-corrected chi connectivity index (χ0v) is 32.2. The molecule has 7 rings (SSSR count). The normalized spacial score (nSPS) is 40.8. The number of hydrogen-bond acceptors (Lipinski definition) is 23. The predicted octanol–water partition coefficient (Wildman–Crippen LogP) is -4.08. The summed E-state index contributed by atoms with van der Waals surface area (Å²) in [5.41, 5.74) is -1.25. The second-order valence-electron chi connectivity index (χ2n) is 15.3. The molecular formula is C38H48O23. The van der Waals surface area contributed by atoms with Gasteiger partial charge in [-0.25, -0.2) is 0 Å². The maximum absolute atomic E-state index is 14.2. The third-order valence-corrected chi connectivity index (χ3v) is 11.0. The Labute approximate surface area is 344 Å². The van der Waals surface area contributed by atoms with E-state index in [1.165, 1.54) is 38.1 Å². The SMILES string of the molecule is CC1O[C@@H](OC2[C@H](Oc3c(-c4ccc(O)cc4)oc4cc(O)cc(O)c4c3=O)OC(CO[C@@H]3OC(C)[C@H](O)C(O[C@@H]4OC[C@@H](O)[C@H](O)C4O)[C@@H]3O)[C@H](O)[C@@H]2O)[C@@H](O)C(O)[C@H]1O. The fourth-order valence-electron chi connectivity index (χ4n) is 7.40. The van der Waals surface area contributed by atoms with Gasteiger partial charge >= 0.3 is 0 Å². The molecule has 338 valence electrons. The minimum Gasteiger partial charge on any atom is -0.508 e. The number of fused-ring (bicyclic) bond motifs is 1. The number of phenolic OH excluding ortho intramolecular Hbond substituents is 3. The molecule has 4 saturated heterocycles. The van der Waals surface area contributed by atoms with Crippen molar-refractivity contribution in [2.75, 3.05) is 13.2 Å². The molecule has 1 aromatic heterocycles. The Morgan fingerprint density at radius 2 is 1.26 bits per heavy atom. The van der Waals surface area contributed by atoms with Crippen molar-refractivity contribution in [3.05, 3.63) is 46.6 Å². The molecule has 4 aliphatic rings. The highest BCUT2D eigenvalue weighted by atomic mass is 16.8. The third-order valence-electron chi connectivity index (χ3n) is 11.0. The molecule has 4 fully saturated rings. The summed E-state index contributed by atoms with van der Waals surface area (Å²) in [7, 11) is 0. The van der Waals surface area contributed by atoms with Gasteiger partial charge in [0.25, 0.3) is 0 Å². The van der Waals surface area contributed by atoms with E-state index >= 15 is 0 Å². The Morgan fingerprint density at radius 3 is 1.97 bits per heavy atom. The number of hydrogen-bond donors (Lipinski definition) is 13. The van der Waals surface area contributed by atoms with Crippen LogP contribution in [-0.2, 0) is 33.2 Å².